The molecule has 0 aromatic heterocycles. The van der Waals surface area contributed by atoms with Crippen molar-refractivity contribution in [2.75, 3.05) is 17.7 Å². The van der Waals surface area contributed by atoms with Gasteiger partial charge in [-0.3, -0.25) is 4.79 Å². The molecule has 3 N–H and O–H groups in total. The highest BCUT2D eigenvalue weighted by molar-refractivity contribution is 6.05. The van der Waals surface area contributed by atoms with Crippen LogP contribution < -0.4 is 16.0 Å². The lowest BCUT2D eigenvalue weighted by molar-refractivity contribution is 0.102. The summed E-state index contributed by atoms with van der Waals surface area (Å²) in [5.74, 6) is -0.176. The maximum absolute atomic E-state index is 12.2. The zero-order valence-corrected chi connectivity index (χ0v) is 11.9. The van der Waals surface area contributed by atoms with Crippen molar-refractivity contribution < 1.29 is 9.59 Å². The van der Waals surface area contributed by atoms with Crippen LogP contribution in [0.15, 0.2) is 48.5 Å². The van der Waals surface area contributed by atoms with Crippen LogP contribution in [0.1, 0.15) is 15.9 Å². The van der Waals surface area contributed by atoms with Gasteiger partial charge in [-0.1, -0.05) is 24.3 Å². The summed E-state index contributed by atoms with van der Waals surface area (Å²) in [5.41, 5.74) is 2.77. The van der Waals surface area contributed by atoms with Crippen molar-refractivity contribution in [1.29, 1.82) is 0 Å². The Labute approximate surface area is 123 Å². The van der Waals surface area contributed by atoms with Gasteiger partial charge in [0.05, 0.1) is 0 Å². The molecule has 2 aromatic rings. The summed E-state index contributed by atoms with van der Waals surface area (Å²) >= 11 is 0. The van der Waals surface area contributed by atoms with Crippen molar-refractivity contribution in [1.82, 2.24) is 5.32 Å². The first-order valence-electron chi connectivity index (χ1n) is 6.56. The Morgan fingerprint density at radius 3 is 2.24 bits per heavy atom. The first-order chi connectivity index (χ1) is 10.1. The maximum Gasteiger partial charge on any atom is 0.318 e. The third kappa shape index (κ3) is 3.82. The molecule has 0 fully saturated rings. The minimum absolute atomic E-state index is 0.176. The Balaban J connectivity index is 2.13. The van der Waals surface area contributed by atoms with Crippen LogP contribution in [0.5, 0.6) is 0 Å². The van der Waals surface area contributed by atoms with Gasteiger partial charge in [-0.25, -0.2) is 4.79 Å². The minimum atomic E-state index is -0.308. The van der Waals surface area contributed by atoms with E-state index >= 15 is 0 Å². The molecule has 0 radical (unpaired) electrons. The predicted octanol–water partition coefficient (Wildman–Crippen LogP) is 3.00. The fraction of sp³-hybridized carbons (Fsp3) is 0.125. The van der Waals surface area contributed by atoms with Crippen LogP contribution in [-0.2, 0) is 0 Å². The number of aryl methyl sites for hydroxylation is 1. The highest BCUT2D eigenvalue weighted by Crippen LogP contribution is 2.17. The Morgan fingerprint density at radius 2 is 1.57 bits per heavy atom. The topological polar surface area (TPSA) is 70.2 Å². The van der Waals surface area contributed by atoms with Crippen LogP contribution in [-0.4, -0.2) is 19.0 Å². The SMILES string of the molecule is CNC(=O)Nc1cccc(NC(=O)c2ccccc2C)c1. The average Bonchev–Trinajstić information content (AvgIpc) is 2.47. The molecule has 5 heteroatoms. The molecule has 0 unspecified atom stereocenters. The van der Waals surface area contributed by atoms with Crippen LogP contribution >= 0.6 is 0 Å². The summed E-state index contributed by atoms with van der Waals surface area (Å²) < 4.78 is 0. The van der Waals surface area contributed by atoms with E-state index in [1.54, 1.807) is 37.4 Å². The molecule has 5 nitrogen and oxygen atoms in total. The molecule has 3 amide bonds. The number of carbonyl (C=O) groups excluding carboxylic acids is 2. The summed E-state index contributed by atoms with van der Waals surface area (Å²) in [6.45, 7) is 1.89. The average molecular weight is 283 g/mol. The largest absolute Gasteiger partial charge is 0.341 e. The van der Waals surface area contributed by atoms with Crippen LogP contribution in [0.2, 0.25) is 0 Å². The van der Waals surface area contributed by atoms with E-state index in [0.717, 1.165) is 5.56 Å². The quantitative estimate of drug-likeness (QED) is 0.810. The number of anilines is 2. The highest BCUT2D eigenvalue weighted by atomic mass is 16.2. The van der Waals surface area contributed by atoms with Crippen LogP contribution in [0.25, 0.3) is 0 Å². The van der Waals surface area contributed by atoms with Crippen molar-refractivity contribution in [2.45, 2.75) is 6.92 Å². The summed E-state index contributed by atoms with van der Waals surface area (Å²) in [5, 5.41) is 7.94. The summed E-state index contributed by atoms with van der Waals surface area (Å²) in [7, 11) is 1.54. The standard InChI is InChI=1S/C16H17N3O2/c1-11-6-3-4-9-14(11)15(20)18-12-7-5-8-13(10-12)19-16(21)17-2/h3-10H,1-2H3,(H,18,20)(H2,17,19,21). The summed E-state index contributed by atoms with van der Waals surface area (Å²) in [6, 6.07) is 14.0. The van der Waals surface area contributed by atoms with E-state index in [1.807, 2.05) is 25.1 Å². The predicted molar refractivity (Wildman–Crippen MR) is 83.7 cm³/mol. The number of hydrogen-bond acceptors (Lipinski definition) is 2. The molecule has 0 saturated heterocycles. The van der Waals surface area contributed by atoms with E-state index in [9.17, 15) is 9.59 Å². The molecule has 2 rings (SSSR count). The van der Waals surface area contributed by atoms with Gasteiger partial charge in [-0.05, 0) is 36.8 Å². The smallest absolute Gasteiger partial charge is 0.318 e. The fourth-order valence-corrected chi connectivity index (χ4v) is 1.89. The Morgan fingerprint density at radius 1 is 0.905 bits per heavy atom. The maximum atomic E-state index is 12.2. The van der Waals surface area contributed by atoms with E-state index in [0.29, 0.717) is 16.9 Å². The van der Waals surface area contributed by atoms with Gasteiger partial charge in [0.1, 0.15) is 0 Å². The third-order valence-electron chi connectivity index (χ3n) is 3.00. The monoisotopic (exact) mass is 283 g/mol. The van der Waals surface area contributed by atoms with Gasteiger partial charge in [0.15, 0.2) is 0 Å². The van der Waals surface area contributed by atoms with Crippen molar-refractivity contribution in [3.63, 3.8) is 0 Å². The molecular formula is C16H17N3O2. The molecule has 0 atom stereocenters. The number of nitrogens with one attached hydrogen (secondary N) is 3. The second-order valence-corrected chi connectivity index (χ2v) is 4.55. The number of urea groups is 1. The Bertz CT molecular complexity index is 668. The highest BCUT2D eigenvalue weighted by Gasteiger charge is 2.09. The van der Waals surface area contributed by atoms with Crippen molar-refractivity contribution in [2.24, 2.45) is 0 Å². The van der Waals surface area contributed by atoms with E-state index in [-0.39, 0.29) is 11.9 Å². The lowest BCUT2D eigenvalue weighted by Gasteiger charge is -2.09. The molecule has 0 aliphatic rings. The summed E-state index contributed by atoms with van der Waals surface area (Å²) in [4.78, 5) is 23.5. The van der Waals surface area contributed by atoms with Gasteiger partial charge in [-0.15, -0.1) is 0 Å². The van der Waals surface area contributed by atoms with E-state index in [4.69, 9.17) is 0 Å². The van der Waals surface area contributed by atoms with E-state index in [2.05, 4.69) is 16.0 Å². The summed E-state index contributed by atoms with van der Waals surface area (Å²) in [6.07, 6.45) is 0. The number of hydrogen-bond donors (Lipinski definition) is 3. The van der Waals surface area contributed by atoms with Gasteiger partial charge in [0, 0.05) is 24.0 Å². The second kappa shape index (κ2) is 6.56. The van der Waals surface area contributed by atoms with E-state index in [1.165, 1.54) is 0 Å². The molecule has 0 bridgehead atoms. The normalized spacial score (nSPS) is 9.81. The van der Waals surface area contributed by atoms with E-state index < -0.39 is 0 Å². The van der Waals surface area contributed by atoms with Crippen molar-refractivity contribution in [3.8, 4) is 0 Å². The zero-order valence-electron chi connectivity index (χ0n) is 11.9. The molecule has 0 aliphatic carbocycles. The Kier molecular flexibility index (Phi) is 4.56. The number of benzene rings is 2. The van der Waals surface area contributed by atoms with Gasteiger partial charge in [-0.2, -0.15) is 0 Å². The van der Waals surface area contributed by atoms with Crippen LogP contribution in [0.4, 0.5) is 16.2 Å². The molecule has 108 valence electrons. The lowest BCUT2D eigenvalue weighted by atomic mass is 10.1. The number of amides is 3. The van der Waals surface area contributed by atoms with Crippen molar-refractivity contribution in [3.05, 3.63) is 59.7 Å². The first-order valence-corrected chi connectivity index (χ1v) is 6.56. The van der Waals surface area contributed by atoms with Gasteiger partial charge in [0.25, 0.3) is 5.91 Å². The minimum Gasteiger partial charge on any atom is -0.341 e. The molecule has 2 aromatic carbocycles. The molecule has 0 heterocycles. The zero-order chi connectivity index (χ0) is 15.2. The van der Waals surface area contributed by atoms with Gasteiger partial charge < -0.3 is 16.0 Å². The van der Waals surface area contributed by atoms with Crippen molar-refractivity contribution >= 4 is 23.3 Å². The molecule has 0 aliphatic heterocycles. The number of carbonyl (C=O) groups is 2. The van der Waals surface area contributed by atoms with Gasteiger partial charge in [0.2, 0.25) is 0 Å². The number of rotatable bonds is 3. The fourth-order valence-electron chi connectivity index (χ4n) is 1.89. The van der Waals surface area contributed by atoms with Gasteiger partial charge >= 0.3 is 6.03 Å². The molecule has 0 spiro atoms. The first kappa shape index (κ1) is 14.6. The molecule has 0 saturated carbocycles. The third-order valence-corrected chi connectivity index (χ3v) is 3.00. The lowest BCUT2D eigenvalue weighted by Crippen LogP contribution is -2.24. The molecule has 21 heavy (non-hydrogen) atoms. The second-order valence-electron chi connectivity index (χ2n) is 4.55. The van der Waals surface area contributed by atoms with Crippen LogP contribution in [0, 0.1) is 6.92 Å². The van der Waals surface area contributed by atoms with Crippen LogP contribution in [0.3, 0.4) is 0 Å². The molecular weight excluding hydrogens is 266 g/mol. The Hall–Kier alpha value is -2.82.